The Hall–Kier alpha value is -3.18. The third kappa shape index (κ3) is 4.12. The van der Waals surface area contributed by atoms with Crippen molar-refractivity contribution in [1.82, 2.24) is 15.3 Å². The lowest BCUT2D eigenvalue weighted by Gasteiger charge is -2.58. The highest BCUT2D eigenvalue weighted by atomic mass is 16.3. The van der Waals surface area contributed by atoms with Crippen molar-refractivity contribution in [3.63, 3.8) is 0 Å². The molecule has 4 saturated carbocycles. The molecule has 5 fully saturated rings. The van der Waals surface area contributed by atoms with Crippen molar-refractivity contribution in [2.24, 2.45) is 17.8 Å². The molecule has 3 atom stereocenters. The maximum atomic E-state index is 13.2. The topological polar surface area (TPSA) is 105 Å². The average molecular weight is 473 g/mol. The maximum absolute atomic E-state index is 13.2. The SMILES string of the molecule is CC1CN(c2ccc(C#N)cc2)CCN1c1nccc(C(=O)NC2C3CC4CC2CC(O)(C4)C3)n1. The van der Waals surface area contributed by atoms with Crippen LogP contribution in [-0.2, 0) is 0 Å². The summed E-state index contributed by atoms with van der Waals surface area (Å²) in [6.07, 6.45) is 6.45. The van der Waals surface area contributed by atoms with E-state index < -0.39 is 5.60 Å². The van der Waals surface area contributed by atoms with Crippen LogP contribution < -0.4 is 15.1 Å². The third-order valence-electron chi connectivity index (χ3n) is 8.66. The first-order valence-electron chi connectivity index (χ1n) is 12.8. The van der Waals surface area contributed by atoms with E-state index in [1.54, 1.807) is 12.3 Å². The van der Waals surface area contributed by atoms with Crippen molar-refractivity contribution in [3.05, 3.63) is 47.8 Å². The summed E-state index contributed by atoms with van der Waals surface area (Å²) < 4.78 is 0. The molecule has 1 amide bonds. The number of amides is 1. The Balaban J connectivity index is 1.12. The zero-order valence-corrected chi connectivity index (χ0v) is 20.1. The minimum Gasteiger partial charge on any atom is -0.390 e. The number of carbonyl (C=O) groups is 1. The van der Waals surface area contributed by atoms with Gasteiger partial charge in [-0.05, 0) is 87.1 Å². The molecule has 2 N–H and O–H groups in total. The highest BCUT2D eigenvalue weighted by molar-refractivity contribution is 5.92. The van der Waals surface area contributed by atoms with Crippen molar-refractivity contribution in [3.8, 4) is 6.07 Å². The van der Waals surface area contributed by atoms with Gasteiger partial charge in [0.05, 0.1) is 17.2 Å². The van der Waals surface area contributed by atoms with E-state index in [2.05, 4.69) is 38.1 Å². The number of aliphatic hydroxyl groups is 1. The number of anilines is 2. The number of nitriles is 1. The van der Waals surface area contributed by atoms with Gasteiger partial charge in [0, 0.05) is 43.6 Å². The summed E-state index contributed by atoms with van der Waals surface area (Å²) in [6, 6.07) is 11.8. The van der Waals surface area contributed by atoms with Crippen LogP contribution in [0, 0.1) is 29.1 Å². The zero-order chi connectivity index (χ0) is 24.2. The molecule has 1 aliphatic heterocycles. The summed E-state index contributed by atoms with van der Waals surface area (Å²) in [5, 5.41) is 23.2. The summed E-state index contributed by atoms with van der Waals surface area (Å²) in [5.41, 5.74) is 1.66. The first kappa shape index (κ1) is 22.3. The summed E-state index contributed by atoms with van der Waals surface area (Å²) in [5.74, 6) is 1.80. The highest BCUT2D eigenvalue weighted by Gasteiger charge is 2.55. The number of aromatic nitrogens is 2. The summed E-state index contributed by atoms with van der Waals surface area (Å²) >= 11 is 0. The Morgan fingerprint density at radius 2 is 1.89 bits per heavy atom. The van der Waals surface area contributed by atoms with Crippen LogP contribution in [0.2, 0.25) is 0 Å². The number of nitrogens with one attached hydrogen (secondary N) is 1. The van der Waals surface area contributed by atoms with Gasteiger partial charge >= 0.3 is 0 Å². The number of hydrogen-bond donors (Lipinski definition) is 2. The van der Waals surface area contributed by atoms with Crippen LogP contribution in [0.1, 0.15) is 55.1 Å². The Labute approximate surface area is 206 Å². The van der Waals surface area contributed by atoms with Gasteiger partial charge in [-0.2, -0.15) is 5.26 Å². The summed E-state index contributed by atoms with van der Waals surface area (Å²) in [4.78, 5) is 26.8. The smallest absolute Gasteiger partial charge is 0.270 e. The predicted octanol–water partition coefficient (Wildman–Crippen LogP) is 2.73. The van der Waals surface area contributed by atoms with Crippen LogP contribution in [-0.4, -0.2) is 58.3 Å². The van der Waals surface area contributed by atoms with Crippen molar-refractivity contribution >= 4 is 17.5 Å². The molecule has 0 radical (unpaired) electrons. The van der Waals surface area contributed by atoms with Gasteiger partial charge in [-0.1, -0.05) is 0 Å². The highest BCUT2D eigenvalue weighted by Crippen LogP contribution is 2.55. The lowest BCUT2D eigenvalue weighted by atomic mass is 9.52. The summed E-state index contributed by atoms with van der Waals surface area (Å²) in [6.45, 7) is 4.51. The predicted molar refractivity (Wildman–Crippen MR) is 132 cm³/mol. The minimum atomic E-state index is -0.504. The third-order valence-corrected chi connectivity index (χ3v) is 8.66. The van der Waals surface area contributed by atoms with Crippen molar-refractivity contribution in [2.45, 2.75) is 56.7 Å². The van der Waals surface area contributed by atoms with E-state index in [-0.39, 0.29) is 18.0 Å². The number of piperazine rings is 1. The van der Waals surface area contributed by atoms with Crippen LogP contribution in [0.5, 0.6) is 0 Å². The largest absolute Gasteiger partial charge is 0.390 e. The van der Waals surface area contributed by atoms with Crippen LogP contribution in [0.3, 0.4) is 0 Å². The van der Waals surface area contributed by atoms with E-state index >= 15 is 0 Å². The molecule has 2 aromatic rings. The molecule has 1 saturated heterocycles. The number of benzene rings is 1. The quantitative estimate of drug-likeness (QED) is 0.705. The number of rotatable bonds is 4. The second-order valence-corrected chi connectivity index (χ2v) is 11.1. The van der Waals surface area contributed by atoms with E-state index in [9.17, 15) is 9.90 Å². The fraction of sp³-hybridized carbons (Fsp3) is 0.556. The van der Waals surface area contributed by atoms with E-state index in [1.807, 2.05) is 24.3 Å². The molecule has 35 heavy (non-hydrogen) atoms. The monoisotopic (exact) mass is 472 g/mol. The molecule has 3 unspecified atom stereocenters. The number of hydrogen-bond acceptors (Lipinski definition) is 7. The average Bonchev–Trinajstić information content (AvgIpc) is 2.85. The number of nitrogens with zero attached hydrogens (tertiary/aromatic N) is 5. The second-order valence-electron chi connectivity index (χ2n) is 11.1. The maximum Gasteiger partial charge on any atom is 0.270 e. The van der Waals surface area contributed by atoms with Gasteiger partial charge in [-0.3, -0.25) is 4.79 Å². The van der Waals surface area contributed by atoms with E-state index in [0.717, 1.165) is 57.4 Å². The first-order chi connectivity index (χ1) is 16.9. The Morgan fingerprint density at radius 1 is 1.14 bits per heavy atom. The second kappa shape index (κ2) is 8.49. The molecule has 5 aliphatic rings. The molecule has 7 rings (SSSR count). The fourth-order valence-electron chi connectivity index (χ4n) is 7.29. The standard InChI is InChI=1S/C27H32N6O2/c1-17-16-32(22-4-2-18(15-28)3-5-22)8-9-33(17)26-29-7-6-23(30-26)25(34)31-24-20-10-19-11-21(24)14-27(35,12-19)13-20/h2-7,17,19-21,24,35H,8-14,16H2,1H3,(H,31,34). The van der Waals surface area contributed by atoms with Gasteiger partial charge in [-0.15, -0.1) is 0 Å². The molecule has 1 aromatic heterocycles. The van der Waals surface area contributed by atoms with E-state index in [1.165, 1.54) is 0 Å². The van der Waals surface area contributed by atoms with Crippen LogP contribution in [0.4, 0.5) is 11.6 Å². The van der Waals surface area contributed by atoms with Gasteiger partial charge in [0.1, 0.15) is 5.69 Å². The first-order valence-corrected chi connectivity index (χ1v) is 12.8. The molecular weight excluding hydrogens is 440 g/mol. The minimum absolute atomic E-state index is 0.132. The van der Waals surface area contributed by atoms with Gasteiger partial charge < -0.3 is 20.2 Å². The molecule has 8 heteroatoms. The normalized spacial score (nSPS) is 33.5. The van der Waals surface area contributed by atoms with Crippen molar-refractivity contribution < 1.29 is 9.90 Å². The van der Waals surface area contributed by atoms with Gasteiger partial charge in [0.25, 0.3) is 5.91 Å². The Morgan fingerprint density at radius 3 is 2.54 bits per heavy atom. The van der Waals surface area contributed by atoms with Gasteiger partial charge in [0.2, 0.25) is 5.95 Å². The molecule has 0 spiro atoms. The van der Waals surface area contributed by atoms with Crippen LogP contribution in [0.15, 0.2) is 36.5 Å². The van der Waals surface area contributed by atoms with E-state index in [0.29, 0.717) is 35.0 Å². The van der Waals surface area contributed by atoms with Crippen molar-refractivity contribution in [2.75, 3.05) is 29.4 Å². The molecular formula is C27H32N6O2. The van der Waals surface area contributed by atoms with E-state index in [4.69, 9.17) is 5.26 Å². The molecule has 2 heterocycles. The lowest BCUT2D eigenvalue weighted by Crippen LogP contribution is -2.61. The molecule has 4 bridgehead atoms. The van der Waals surface area contributed by atoms with Gasteiger partial charge in [-0.25, -0.2) is 9.97 Å². The molecule has 8 nitrogen and oxygen atoms in total. The number of carbonyl (C=O) groups excluding carboxylic acids is 1. The van der Waals surface area contributed by atoms with Crippen LogP contribution >= 0.6 is 0 Å². The molecule has 4 aliphatic carbocycles. The van der Waals surface area contributed by atoms with Crippen molar-refractivity contribution in [1.29, 1.82) is 5.26 Å². The Bertz CT molecular complexity index is 1150. The lowest BCUT2D eigenvalue weighted by molar-refractivity contribution is -0.136. The Kier molecular flexibility index (Phi) is 5.41. The van der Waals surface area contributed by atoms with Gasteiger partial charge in [0.15, 0.2) is 0 Å². The zero-order valence-electron chi connectivity index (χ0n) is 20.1. The summed E-state index contributed by atoms with van der Waals surface area (Å²) in [7, 11) is 0. The van der Waals surface area contributed by atoms with Crippen LogP contribution in [0.25, 0.3) is 0 Å². The molecule has 1 aromatic carbocycles. The molecule has 182 valence electrons. The fourth-order valence-corrected chi connectivity index (χ4v) is 7.29.